The Morgan fingerprint density at radius 1 is 1.03 bits per heavy atom. The number of nitrogens with zero attached hydrogens (tertiary/aromatic N) is 2. The highest BCUT2D eigenvalue weighted by atomic mass is 16.3. The van der Waals surface area contributed by atoms with Gasteiger partial charge in [-0.3, -0.25) is 9.69 Å². The minimum Gasteiger partial charge on any atom is -0.508 e. The maximum Gasteiger partial charge on any atom is 0.254 e. The predicted octanol–water partition coefficient (Wildman–Crippen LogP) is 4.39. The van der Waals surface area contributed by atoms with Crippen molar-refractivity contribution in [3.8, 4) is 5.75 Å². The number of hydrogen-bond acceptors (Lipinski definition) is 3. The van der Waals surface area contributed by atoms with E-state index < -0.39 is 0 Å². The SMILES string of the molecule is Cc1ccc(C(=O)N2C[C@@H]3C[C@H](C2)[C@@H]2CCC[C@H](c4ccccc4)N2C3)cc1O. The zero-order valence-electron chi connectivity index (χ0n) is 17.1. The summed E-state index contributed by atoms with van der Waals surface area (Å²) in [6.45, 7) is 4.61. The molecule has 1 amide bonds. The van der Waals surface area contributed by atoms with Crippen LogP contribution in [-0.2, 0) is 0 Å². The lowest BCUT2D eigenvalue weighted by Crippen LogP contribution is -2.60. The summed E-state index contributed by atoms with van der Waals surface area (Å²) in [4.78, 5) is 18.0. The Labute approximate surface area is 173 Å². The van der Waals surface area contributed by atoms with Gasteiger partial charge in [0.2, 0.25) is 0 Å². The first-order valence-electron chi connectivity index (χ1n) is 11.0. The van der Waals surface area contributed by atoms with E-state index in [-0.39, 0.29) is 11.7 Å². The first kappa shape index (κ1) is 18.7. The summed E-state index contributed by atoms with van der Waals surface area (Å²) in [6.07, 6.45) is 4.99. The summed E-state index contributed by atoms with van der Waals surface area (Å²) >= 11 is 0. The molecule has 0 unspecified atom stereocenters. The molecular weight excluding hydrogens is 360 g/mol. The standard InChI is InChI=1S/C25H30N2O2/c1-17-10-11-20(13-24(17)28)25(29)26-14-18-12-21(16-26)23-9-5-8-22(27(23)15-18)19-6-3-2-4-7-19/h2-4,6-7,10-11,13,18,21-23,28H,5,8-9,12,14-16H2,1H3/t18-,21+,22+,23-/m0/s1. The molecule has 29 heavy (non-hydrogen) atoms. The van der Waals surface area contributed by atoms with Gasteiger partial charge in [-0.25, -0.2) is 0 Å². The zero-order valence-corrected chi connectivity index (χ0v) is 17.1. The van der Waals surface area contributed by atoms with Gasteiger partial charge in [-0.15, -0.1) is 0 Å². The molecule has 2 aromatic carbocycles. The van der Waals surface area contributed by atoms with Crippen LogP contribution >= 0.6 is 0 Å². The molecule has 152 valence electrons. The third-order valence-electron chi connectivity index (χ3n) is 7.31. The molecule has 0 aromatic heterocycles. The fourth-order valence-corrected chi connectivity index (χ4v) is 5.93. The number of likely N-dealkylation sites (tertiary alicyclic amines) is 1. The van der Waals surface area contributed by atoms with E-state index in [2.05, 4.69) is 35.2 Å². The van der Waals surface area contributed by atoms with E-state index >= 15 is 0 Å². The Morgan fingerprint density at radius 2 is 1.86 bits per heavy atom. The van der Waals surface area contributed by atoms with Crippen molar-refractivity contribution in [3.63, 3.8) is 0 Å². The molecule has 5 rings (SSSR count). The number of fused-ring (bicyclic) bond motifs is 4. The normalized spacial score (nSPS) is 29.3. The third kappa shape index (κ3) is 3.44. The summed E-state index contributed by atoms with van der Waals surface area (Å²) < 4.78 is 0. The van der Waals surface area contributed by atoms with E-state index in [1.54, 1.807) is 6.07 Å². The second kappa shape index (κ2) is 7.49. The maximum atomic E-state index is 13.1. The summed E-state index contributed by atoms with van der Waals surface area (Å²) in [6, 6.07) is 17.4. The number of rotatable bonds is 2. The number of aryl methyl sites for hydroxylation is 1. The average molecular weight is 391 g/mol. The molecule has 0 spiro atoms. The van der Waals surface area contributed by atoms with E-state index in [9.17, 15) is 9.90 Å². The summed E-state index contributed by atoms with van der Waals surface area (Å²) in [5.74, 6) is 1.37. The van der Waals surface area contributed by atoms with Crippen molar-refractivity contribution in [1.82, 2.24) is 9.80 Å². The van der Waals surface area contributed by atoms with Crippen LogP contribution in [0.2, 0.25) is 0 Å². The van der Waals surface area contributed by atoms with Crippen LogP contribution in [0.1, 0.15) is 53.2 Å². The van der Waals surface area contributed by atoms with Crippen LogP contribution in [0, 0.1) is 18.8 Å². The largest absolute Gasteiger partial charge is 0.508 e. The van der Waals surface area contributed by atoms with Gasteiger partial charge in [-0.2, -0.15) is 0 Å². The number of hydrogen-bond donors (Lipinski definition) is 1. The van der Waals surface area contributed by atoms with Crippen LogP contribution in [0.15, 0.2) is 48.5 Å². The van der Waals surface area contributed by atoms with Gasteiger partial charge in [0.25, 0.3) is 5.91 Å². The molecule has 3 heterocycles. The molecule has 3 saturated heterocycles. The van der Waals surface area contributed by atoms with E-state index in [0.717, 1.165) is 25.2 Å². The van der Waals surface area contributed by atoms with Gasteiger partial charge in [0.1, 0.15) is 5.75 Å². The molecule has 0 aliphatic carbocycles. The van der Waals surface area contributed by atoms with Crippen molar-refractivity contribution in [3.05, 3.63) is 65.2 Å². The topological polar surface area (TPSA) is 43.8 Å². The van der Waals surface area contributed by atoms with Gasteiger partial charge in [0, 0.05) is 37.3 Å². The molecule has 1 N–H and O–H groups in total. The number of phenolic OH excluding ortho intramolecular Hbond substituents is 1. The second-order valence-electron chi connectivity index (χ2n) is 9.19. The van der Waals surface area contributed by atoms with Crippen molar-refractivity contribution in [1.29, 1.82) is 0 Å². The Kier molecular flexibility index (Phi) is 4.83. The highest BCUT2D eigenvalue weighted by molar-refractivity contribution is 5.94. The van der Waals surface area contributed by atoms with Crippen molar-refractivity contribution in [2.24, 2.45) is 11.8 Å². The molecule has 4 heteroatoms. The molecule has 0 saturated carbocycles. The third-order valence-corrected chi connectivity index (χ3v) is 7.31. The van der Waals surface area contributed by atoms with Crippen molar-refractivity contribution in [2.45, 2.75) is 44.7 Å². The van der Waals surface area contributed by atoms with Crippen molar-refractivity contribution >= 4 is 5.91 Å². The van der Waals surface area contributed by atoms with Gasteiger partial charge in [-0.05, 0) is 67.7 Å². The van der Waals surface area contributed by atoms with Gasteiger partial charge < -0.3 is 10.0 Å². The number of carbonyl (C=O) groups is 1. The second-order valence-corrected chi connectivity index (χ2v) is 9.19. The molecule has 3 fully saturated rings. The number of piperidine rings is 3. The maximum absolute atomic E-state index is 13.1. The predicted molar refractivity (Wildman–Crippen MR) is 114 cm³/mol. The number of phenols is 1. The van der Waals surface area contributed by atoms with Crippen molar-refractivity contribution < 1.29 is 9.90 Å². The lowest BCUT2D eigenvalue weighted by molar-refractivity contribution is -0.0511. The van der Waals surface area contributed by atoms with E-state index in [4.69, 9.17) is 0 Å². The fourth-order valence-electron chi connectivity index (χ4n) is 5.93. The number of benzene rings is 2. The Hall–Kier alpha value is -2.33. The summed E-state index contributed by atoms with van der Waals surface area (Å²) in [5.41, 5.74) is 2.86. The van der Waals surface area contributed by atoms with Crippen LogP contribution in [0.4, 0.5) is 0 Å². The molecule has 4 nitrogen and oxygen atoms in total. The fraction of sp³-hybridized carbons (Fsp3) is 0.480. The minimum atomic E-state index is 0.0684. The minimum absolute atomic E-state index is 0.0684. The highest BCUT2D eigenvalue weighted by Gasteiger charge is 2.45. The van der Waals surface area contributed by atoms with Gasteiger partial charge in [0.05, 0.1) is 0 Å². The molecule has 2 bridgehead atoms. The summed E-state index contributed by atoms with van der Waals surface area (Å²) in [7, 11) is 0. The number of amides is 1. The molecule has 3 aliphatic rings. The van der Waals surface area contributed by atoms with Crippen LogP contribution in [0.25, 0.3) is 0 Å². The molecule has 4 atom stereocenters. The van der Waals surface area contributed by atoms with Crippen molar-refractivity contribution in [2.75, 3.05) is 19.6 Å². The van der Waals surface area contributed by atoms with Crippen LogP contribution in [0.3, 0.4) is 0 Å². The first-order chi connectivity index (χ1) is 14.1. The van der Waals surface area contributed by atoms with Crippen LogP contribution in [-0.4, -0.2) is 46.5 Å². The molecule has 3 aliphatic heterocycles. The molecular formula is C25H30N2O2. The monoisotopic (exact) mass is 390 g/mol. The van der Waals surface area contributed by atoms with Gasteiger partial charge in [-0.1, -0.05) is 36.4 Å². The van der Waals surface area contributed by atoms with E-state index in [1.165, 1.54) is 31.2 Å². The molecule has 0 radical (unpaired) electrons. The zero-order chi connectivity index (χ0) is 20.0. The van der Waals surface area contributed by atoms with E-state index in [1.807, 2.05) is 24.0 Å². The summed E-state index contributed by atoms with van der Waals surface area (Å²) in [5, 5.41) is 10.0. The van der Waals surface area contributed by atoms with Crippen LogP contribution in [0.5, 0.6) is 5.75 Å². The first-order valence-corrected chi connectivity index (χ1v) is 11.0. The lowest BCUT2D eigenvalue weighted by Gasteiger charge is -2.55. The molecule has 2 aromatic rings. The Balaban J connectivity index is 1.35. The van der Waals surface area contributed by atoms with Gasteiger partial charge >= 0.3 is 0 Å². The van der Waals surface area contributed by atoms with E-state index in [0.29, 0.717) is 29.5 Å². The highest BCUT2D eigenvalue weighted by Crippen LogP contribution is 2.44. The average Bonchev–Trinajstić information content (AvgIpc) is 2.75. The number of carbonyl (C=O) groups excluding carboxylic acids is 1. The Bertz CT molecular complexity index is 897. The quantitative estimate of drug-likeness (QED) is 0.827. The lowest BCUT2D eigenvalue weighted by atomic mass is 9.74. The smallest absolute Gasteiger partial charge is 0.254 e. The number of aromatic hydroxyl groups is 1. The van der Waals surface area contributed by atoms with Gasteiger partial charge in [0.15, 0.2) is 0 Å². The van der Waals surface area contributed by atoms with Crippen LogP contribution < -0.4 is 0 Å². The Morgan fingerprint density at radius 3 is 2.66 bits per heavy atom.